The molecule has 0 aliphatic carbocycles. The van der Waals surface area contributed by atoms with Crippen LogP contribution in [0.3, 0.4) is 0 Å². The maximum Gasteiger partial charge on any atom is 0.341 e. The zero-order valence-corrected chi connectivity index (χ0v) is 10.8. The second-order valence-corrected chi connectivity index (χ2v) is 4.12. The highest BCUT2D eigenvalue weighted by Gasteiger charge is 2.14. The zero-order chi connectivity index (χ0) is 14.4. The highest BCUT2D eigenvalue weighted by molar-refractivity contribution is 5.96. The number of aromatic carboxylic acids is 1. The van der Waals surface area contributed by atoms with Gasteiger partial charge in [0.1, 0.15) is 11.3 Å². The first-order valence-electron chi connectivity index (χ1n) is 6.04. The lowest BCUT2D eigenvalue weighted by molar-refractivity contribution is 0.00437. The lowest BCUT2D eigenvalue weighted by Crippen LogP contribution is -2.09. The van der Waals surface area contributed by atoms with E-state index in [9.17, 15) is 4.79 Å². The van der Waals surface area contributed by atoms with Gasteiger partial charge < -0.3 is 20.3 Å². The van der Waals surface area contributed by atoms with Crippen molar-refractivity contribution in [3.63, 3.8) is 0 Å². The summed E-state index contributed by atoms with van der Waals surface area (Å²) >= 11 is 0. The second-order valence-electron chi connectivity index (χ2n) is 4.12. The molecular formula is C15H15NO4. The third-order valence-corrected chi connectivity index (χ3v) is 2.68. The summed E-state index contributed by atoms with van der Waals surface area (Å²) in [6.07, 6.45) is 0. The molecule has 0 saturated heterocycles. The standard InChI is InChI=1S/C15H15NO4/c16-12-7-4-8-13(14(12)15(17)18)20-10-19-9-11-5-2-1-3-6-11/h1-8H,9-10,16H2,(H,17,18). The van der Waals surface area contributed by atoms with Gasteiger partial charge in [-0.2, -0.15) is 0 Å². The number of anilines is 1. The number of rotatable bonds is 6. The van der Waals surface area contributed by atoms with Gasteiger partial charge in [-0.05, 0) is 17.7 Å². The Morgan fingerprint density at radius 3 is 2.55 bits per heavy atom. The molecule has 5 nitrogen and oxygen atoms in total. The molecule has 0 aliphatic rings. The average Bonchev–Trinajstić information content (AvgIpc) is 2.44. The highest BCUT2D eigenvalue weighted by atomic mass is 16.7. The third-order valence-electron chi connectivity index (χ3n) is 2.68. The summed E-state index contributed by atoms with van der Waals surface area (Å²) in [6.45, 7) is 0.351. The van der Waals surface area contributed by atoms with Crippen LogP contribution in [0, 0.1) is 0 Å². The van der Waals surface area contributed by atoms with Crippen LogP contribution in [0.2, 0.25) is 0 Å². The minimum absolute atomic E-state index is 0.0430. The molecule has 104 valence electrons. The van der Waals surface area contributed by atoms with Crippen LogP contribution in [0.1, 0.15) is 15.9 Å². The molecule has 0 amide bonds. The lowest BCUT2D eigenvalue weighted by atomic mass is 10.1. The maximum absolute atomic E-state index is 11.1. The fourth-order valence-corrected chi connectivity index (χ4v) is 1.74. The van der Waals surface area contributed by atoms with Crippen molar-refractivity contribution in [2.24, 2.45) is 0 Å². The summed E-state index contributed by atoms with van der Waals surface area (Å²) < 4.78 is 10.7. The van der Waals surface area contributed by atoms with Gasteiger partial charge >= 0.3 is 5.97 Å². The number of benzene rings is 2. The van der Waals surface area contributed by atoms with Crippen molar-refractivity contribution in [3.05, 3.63) is 59.7 Å². The first-order valence-corrected chi connectivity index (χ1v) is 6.04. The van der Waals surface area contributed by atoms with Crippen molar-refractivity contribution in [1.29, 1.82) is 0 Å². The summed E-state index contributed by atoms with van der Waals surface area (Å²) in [5.41, 5.74) is 6.75. The van der Waals surface area contributed by atoms with E-state index in [1.165, 1.54) is 6.07 Å². The lowest BCUT2D eigenvalue weighted by Gasteiger charge is -2.11. The smallest absolute Gasteiger partial charge is 0.341 e. The number of hydrogen-bond acceptors (Lipinski definition) is 4. The Kier molecular flexibility index (Phi) is 4.57. The molecule has 2 aromatic rings. The molecule has 0 atom stereocenters. The van der Waals surface area contributed by atoms with Gasteiger partial charge in [0.15, 0.2) is 6.79 Å². The molecule has 3 N–H and O–H groups in total. The van der Waals surface area contributed by atoms with Crippen molar-refractivity contribution in [2.45, 2.75) is 6.61 Å². The van der Waals surface area contributed by atoms with E-state index in [4.69, 9.17) is 20.3 Å². The van der Waals surface area contributed by atoms with Gasteiger partial charge in [0.25, 0.3) is 0 Å². The van der Waals surface area contributed by atoms with Crippen LogP contribution < -0.4 is 10.5 Å². The molecule has 0 saturated carbocycles. The van der Waals surface area contributed by atoms with E-state index < -0.39 is 5.97 Å². The molecule has 0 fully saturated rings. The van der Waals surface area contributed by atoms with Crippen molar-refractivity contribution in [2.75, 3.05) is 12.5 Å². The van der Waals surface area contributed by atoms with E-state index >= 15 is 0 Å². The van der Waals surface area contributed by atoms with Crippen LogP contribution in [-0.2, 0) is 11.3 Å². The summed E-state index contributed by atoms with van der Waals surface area (Å²) in [6, 6.07) is 14.3. The Morgan fingerprint density at radius 1 is 1.10 bits per heavy atom. The summed E-state index contributed by atoms with van der Waals surface area (Å²) in [7, 11) is 0. The van der Waals surface area contributed by atoms with Crippen molar-refractivity contribution < 1.29 is 19.4 Å². The summed E-state index contributed by atoms with van der Waals surface area (Å²) in [5, 5.41) is 9.08. The minimum atomic E-state index is -1.12. The normalized spacial score (nSPS) is 10.2. The number of carbonyl (C=O) groups is 1. The third kappa shape index (κ3) is 3.49. The summed E-state index contributed by atoms with van der Waals surface area (Å²) in [5.74, 6) is -0.924. The SMILES string of the molecule is Nc1cccc(OCOCc2ccccc2)c1C(=O)O. The number of carboxylic acid groups (broad SMARTS) is 1. The van der Waals surface area contributed by atoms with E-state index in [0.29, 0.717) is 6.61 Å². The summed E-state index contributed by atoms with van der Waals surface area (Å²) in [4.78, 5) is 11.1. The van der Waals surface area contributed by atoms with Crippen LogP contribution in [0.5, 0.6) is 5.75 Å². The van der Waals surface area contributed by atoms with Gasteiger partial charge in [0, 0.05) is 5.69 Å². The molecular weight excluding hydrogens is 258 g/mol. The molecule has 0 bridgehead atoms. The Balaban J connectivity index is 1.92. The van der Waals surface area contributed by atoms with Gasteiger partial charge in [0.2, 0.25) is 0 Å². The molecule has 20 heavy (non-hydrogen) atoms. The molecule has 0 heterocycles. The zero-order valence-electron chi connectivity index (χ0n) is 10.8. The second kappa shape index (κ2) is 6.58. The van der Waals surface area contributed by atoms with Crippen LogP contribution in [0.4, 0.5) is 5.69 Å². The molecule has 5 heteroatoms. The van der Waals surface area contributed by atoms with E-state index in [1.54, 1.807) is 12.1 Å². The molecule has 2 rings (SSSR count). The quantitative estimate of drug-likeness (QED) is 0.480. The average molecular weight is 273 g/mol. The highest BCUT2D eigenvalue weighted by Crippen LogP contribution is 2.24. The Morgan fingerprint density at radius 2 is 1.85 bits per heavy atom. The Labute approximate surface area is 116 Å². The fraction of sp³-hybridized carbons (Fsp3) is 0.133. The van der Waals surface area contributed by atoms with Gasteiger partial charge in [0.05, 0.1) is 6.61 Å². The van der Waals surface area contributed by atoms with Crippen molar-refractivity contribution in [1.82, 2.24) is 0 Å². The first-order chi connectivity index (χ1) is 9.68. The largest absolute Gasteiger partial charge is 0.477 e. The topological polar surface area (TPSA) is 81.8 Å². The van der Waals surface area contributed by atoms with Crippen LogP contribution in [0.25, 0.3) is 0 Å². The minimum Gasteiger partial charge on any atom is -0.477 e. The van der Waals surface area contributed by atoms with Gasteiger partial charge in [-0.1, -0.05) is 36.4 Å². The van der Waals surface area contributed by atoms with Crippen LogP contribution in [-0.4, -0.2) is 17.9 Å². The number of ether oxygens (including phenoxy) is 2. The molecule has 0 radical (unpaired) electrons. The Hall–Kier alpha value is -2.53. The number of nitrogen functional groups attached to an aromatic ring is 1. The molecule has 2 aromatic carbocycles. The predicted octanol–water partition coefficient (Wildman–Crippen LogP) is 2.52. The van der Waals surface area contributed by atoms with E-state index in [-0.39, 0.29) is 23.8 Å². The van der Waals surface area contributed by atoms with Crippen molar-refractivity contribution >= 4 is 11.7 Å². The number of carboxylic acids is 1. The number of hydrogen-bond donors (Lipinski definition) is 2. The van der Waals surface area contributed by atoms with Crippen LogP contribution >= 0.6 is 0 Å². The monoisotopic (exact) mass is 273 g/mol. The van der Waals surface area contributed by atoms with E-state index in [2.05, 4.69) is 0 Å². The van der Waals surface area contributed by atoms with Crippen LogP contribution in [0.15, 0.2) is 48.5 Å². The van der Waals surface area contributed by atoms with E-state index in [0.717, 1.165) is 5.56 Å². The molecule has 0 aliphatic heterocycles. The van der Waals surface area contributed by atoms with E-state index in [1.807, 2.05) is 30.3 Å². The van der Waals surface area contributed by atoms with Gasteiger partial charge in [-0.15, -0.1) is 0 Å². The van der Waals surface area contributed by atoms with Gasteiger partial charge in [-0.3, -0.25) is 0 Å². The molecule has 0 aromatic heterocycles. The Bertz CT molecular complexity index is 584. The molecule has 0 spiro atoms. The predicted molar refractivity (Wildman–Crippen MR) is 74.5 cm³/mol. The maximum atomic E-state index is 11.1. The fourth-order valence-electron chi connectivity index (χ4n) is 1.74. The first kappa shape index (κ1) is 13.9. The molecule has 0 unspecified atom stereocenters. The number of nitrogens with two attached hydrogens (primary N) is 1. The van der Waals surface area contributed by atoms with Crippen molar-refractivity contribution in [3.8, 4) is 5.75 Å². The van der Waals surface area contributed by atoms with Gasteiger partial charge in [-0.25, -0.2) is 4.79 Å².